The van der Waals surface area contributed by atoms with Crippen molar-refractivity contribution < 1.29 is 13.9 Å². The van der Waals surface area contributed by atoms with Gasteiger partial charge in [-0.3, -0.25) is 4.79 Å². The summed E-state index contributed by atoms with van der Waals surface area (Å²) in [5, 5.41) is 0. The molecule has 3 rings (SSSR count). The van der Waals surface area contributed by atoms with E-state index in [1.165, 1.54) is 0 Å². The van der Waals surface area contributed by atoms with E-state index >= 15 is 0 Å². The molecule has 0 N–H and O–H groups in total. The van der Waals surface area contributed by atoms with Gasteiger partial charge in [0.2, 0.25) is 0 Å². The number of ether oxygens (including phenoxy) is 1. The summed E-state index contributed by atoms with van der Waals surface area (Å²) >= 11 is 0. The molecule has 3 nitrogen and oxygen atoms in total. The Morgan fingerprint density at radius 1 is 1.26 bits per heavy atom. The number of carbonyl (C=O) groups excluding carboxylic acids is 1. The van der Waals surface area contributed by atoms with E-state index in [1.54, 1.807) is 0 Å². The zero-order valence-electron chi connectivity index (χ0n) is 11.0. The highest BCUT2D eigenvalue weighted by atomic mass is 16.5. The summed E-state index contributed by atoms with van der Waals surface area (Å²) in [6.45, 7) is 3.97. The molecule has 96 valence electrons. The zero-order chi connectivity index (χ0) is 13.4. The molecule has 1 aliphatic heterocycles. The molecule has 0 amide bonds. The number of fused-ring (bicyclic) bond motifs is 1. The lowest BCUT2D eigenvalue weighted by Gasteiger charge is -2.02. The van der Waals surface area contributed by atoms with Crippen LogP contribution in [0.1, 0.15) is 23.8 Å². The predicted molar refractivity (Wildman–Crippen MR) is 72.0 cm³/mol. The highest BCUT2D eigenvalue weighted by molar-refractivity contribution is 5.85. The van der Waals surface area contributed by atoms with Crippen LogP contribution in [0.25, 0.3) is 11.3 Å². The molecule has 0 fully saturated rings. The lowest BCUT2D eigenvalue weighted by atomic mass is 10.0. The van der Waals surface area contributed by atoms with Gasteiger partial charge in [-0.1, -0.05) is 25.1 Å². The smallest absolute Gasteiger partial charge is 0.367 e. The van der Waals surface area contributed by atoms with Crippen LogP contribution in [-0.4, -0.2) is 5.97 Å². The van der Waals surface area contributed by atoms with Crippen molar-refractivity contribution in [2.45, 2.75) is 26.7 Å². The van der Waals surface area contributed by atoms with Gasteiger partial charge in [0.1, 0.15) is 5.56 Å². The van der Waals surface area contributed by atoms with E-state index in [1.807, 2.05) is 44.2 Å². The van der Waals surface area contributed by atoms with Crippen LogP contribution in [0, 0.1) is 6.92 Å². The number of hydrogen-bond acceptors (Lipinski definition) is 2. The first-order valence-electron chi connectivity index (χ1n) is 6.45. The van der Waals surface area contributed by atoms with Crippen molar-refractivity contribution in [1.82, 2.24) is 0 Å². The van der Waals surface area contributed by atoms with Gasteiger partial charge in [0.05, 0.1) is 24.0 Å². The van der Waals surface area contributed by atoms with Gasteiger partial charge in [-0.15, -0.1) is 0 Å². The molecule has 1 aliphatic rings. The van der Waals surface area contributed by atoms with E-state index in [-0.39, 0.29) is 12.4 Å². The maximum atomic E-state index is 11.6. The van der Waals surface area contributed by atoms with Crippen molar-refractivity contribution in [3.05, 3.63) is 47.2 Å². The molecule has 19 heavy (non-hydrogen) atoms. The van der Waals surface area contributed by atoms with Crippen LogP contribution >= 0.6 is 0 Å². The molecule has 2 heterocycles. The third kappa shape index (κ3) is 1.91. The molecule has 0 saturated heterocycles. The number of aryl methyl sites for hydroxylation is 1. The monoisotopic (exact) mass is 255 g/mol. The molecule has 1 aromatic carbocycles. The van der Waals surface area contributed by atoms with Gasteiger partial charge in [0, 0.05) is 0 Å². The van der Waals surface area contributed by atoms with Crippen LogP contribution in [0.3, 0.4) is 0 Å². The zero-order valence-corrected chi connectivity index (χ0v) is 11.0. The first-order chi connectivity index (χ1) is 9.20. The number of esters is 1. The lowest BCUT2D eigenvalue weighted by molar-refractivity contribution is -0.131. The summed E-state index contributed by atoms with van der Waals surface area (Å²) in [7, 11) is 0. The molecule has 0 aliphatic carbocycles. The Bertz CT molecular complexity index is 645. The van der Waals surface area contributed by atoms with Gasteiger partial charge in [-0.2, -0.15) is 0 Å². The van der Waals surface area contributed by atoms with Crippen LogP contribution in [0.4, 0.5) is 0 Å². The minimum absolute atomic E-state index is 0.210. The Labute approximate surface area is 111 Å². The molecule has 0 bridgehead atoms. The van der Waals surface area contributed by atoms with Gasteiger partial charge >= 0.3 is 17.5 Å². The second kappa shape index (κ2) is 4.50. The molecule has 3 heteroatoms. The van der Waals surface area contributed by atoms with Gasteiger partial charge in [0.15, 0.2) is 5.75 Å². The molecule has 0 unspecified atom stereocenters. The number of carbonyl (C=O) groups is 1. The van der Waals surface area contributed by atoms with Gasteiger partial charge < -0.3 is 4.74 Å². The third-order valence-electron chi connectivity index (χ3n) is 3.43. The number of rotatable bonds is 2. The Kier molecular flexibility index (Phi) is 2.82. The lowest BCUT2D eigenvalue weighted by Crippen LogP contribution is -2.01. The Hall–Kier alpha value is -2.16. The topological polar surface area (TPSA) is 37.6 Å². The highest BCUT2D eigenvalue weighted by Gasteiger charge is 2.36. The SMILES string of the molecule is CCc1[o+]c(-c2ccccc2)c2c(c1C)OC(=O)C2. The van der Waals surface area contributed by atoms with Crippen molar-refractivity contribution in [3.8, 4) is 17.1 Å². The molecule has 1 aromatic heterocycles. The summed E-state index contributed by atoms with van der Waals surface area (Å²) in [4.78, 5) is 11.6. The van der Waals surface area contributed by atoms with Crippen LogP contribution in [0.2, 0.25) is 0 Å². The summed E-state index contributed by atoms with van der Waals surface area (Å²) in [6, 6.07) is 9.84. The minimum atomic E-state index is -0.210. The normalized spacial score (nSPS) is 13.3. The first-order valence-corrected chi connectivity index (χ1v) is 6.45. The molecule has 2 aromatic rings. The molecule has 0 spiro atoms. The molecular formula is C16H15O3+. The second-order valence-electron chi connectivity index (χ2n) is 4.66. The van der Waals surface area contributed by atoms with Crippen molar-refractivity contribution >= 4 is 5.97 Å². The van der Waals surface area contributed by atoms with Crippen LogP contribution in [0.15, 0.2) is 34.7 Å². The Morgan fingerprint density at radius 3 is 2.68 bits per heavy atom. The summed E-state index contributed by atoms with van der Waals surface area (Å²) in [5.41, 5.74) is 2.78. The maximum absolute atomic E-state index is 11.6. The van der Waals surface area contributed by atoms with Gasteiger partial charge in [-0.05, 0) is 19.1 Å². The fourth-order valence-electron chi connectivity index (χ4n) is 2.47. The van der Waals surface area contributed by atoms with E-state index < -0.39 is 0 Å². The van der Waals surface area contributed by atoms with Crippen LogP contribution in [0.5, 0.6) is 5.75 Å². The summed E-state index contributed by atoms with van der Waals surface area (Å²) in [5.74, 6) is 2.10. The van der Waals surface area contributed by atoms with E-state index in [2.05, 4.69) is 0 Å². The Morgan fingerprint density at radius 2 is 2.00 bits per heavy atom. The minimum Gasteiger partial charge on any atom is -0.425 e. The van der Waals surface area contributed by atoms with E-state index in [4.69, 9.17) is 9.15 Å². The van der Waals surface area contributed by atoms with Crippen molar-refractivity contribution in [1.29, 1.82) is 0 Å². The Balaban J connectivity index is 2.26. The number of benzene rings is 1. The number of hydrogen-bond donors (Lipinski definition) is 0. The molecular weight excluding hydrogens is 240 g/mol. The predicted octanol–water partition coefficient (Wildman–Crippen LogP) is 3.56. The highest BCUT2D eigenvalue weighted by Crippen LogP contribution is 2.39. The molecule has 0 radical (unpaired) electrons. The standard InChI is InChI=1S/C16H15O3/c1-3-13-10(2)15-12(9-14(17)19-15)16(18-13)11-7-5-4-6-8-11/h4-8H,3,9H2,1-2H3/q+1. The van der Waals surface area contributed by atoms with Gasteiger partial charge in [-0.25, -0.2) is 4.42 Å². The second-order valence-corrected chi connectivity index (χ2v) is 4.66. The average molecular weight is 255 g/mol. The molecule has 0 saturated carbocycles. The third-order valence-corrected chi connectivity index (χ3v) is 3.43. The fraction of sp³-hybridized carbons (Fsp3) is 0.250. The quantitative estimate of drug-likeness (QED) is 0.608. The fourth-order valence-corrected chi connectivity index (χ4v) is 2.47. The van der Waals surface area contributed by atoms with E-state index in [0.717, 1.165) is 34.6 Å². The van der Waals surface area contributed by atoms with Gasteiger partial charge in [0.25, 0.3) is 0 Å². The van der Waals surface area contributed by atoms with Crippen LogP contribution in [-0.2, 0) is 17.6 Å². The van der Waals surface area contributed by atoms with Crippen LogP contribution < -0.4 is 4.74 Å². The molecule has 0 atom stereocenters. The maximum Gasteiger partial charge on any atom is 0.367 e. The first kappa shape index (κ1) is 11.9. The average Bonchev–Trinajstić information content (AvgIpc) is 2.82. The summed E-state index contributed by atoms with van der Waals surface area (Å²) < 4.78 is 11.3. The van der Waals surface area contributed by atoms with Crippen molar-refractivity contribution in [3.63, 3.8) is 0 Å². The van der Waals surface area contributed by atoms with Crippen molar-refractivity contribution in [2.24, 2.45) is 0 Å². The summed E-state index contributed by atoms with van der Waals surface area (Å²) in [6.07, 6.45) is 1.06. The van der Waals surface area contributed by atoms with Crippen molar-refractivity contribution in [2.75, 3.05) is 0 Å². The van der Waals surface area contributed by atoms with E-state index in [0.29, 0.717) is 5.75 Å². The largest absolute Gasteiger partial charge is 0.425 e. The van der Waals surface area contributed by atoms with E-state index in [9.17, 15) is 4.79 Å².